The normalized spacial score (nSPS) is 10.1. The van der Waals surface area contributed by atoms with Crippen LogP contribution in [0.5, 0.6) is 11.5 Å². The standard InChI is InChI=1S/C16H18N2O3/c17-9-10-21-15-7-3-13(4-8-15)18-16(20)11-12-1-5-14(19)6-2-12/h1-8,19H,9-11,17H2,(H,18,20). The summed E-state index contributed by atoms with van der Waals surface area (Å²) < 4.78 is 5.36. The van der Waals surface area contributed by atoms with Crippen LogP contribution in [-0.4, -0.2) is 24.2 Å². The lowest BCUT2D eigenvalue weighted by Crippen LogP contribution is -2.14. The lowest BCUT2D eigenvalue weighted by molar-refractivity contribution is -0.115. The molecule has 0 radical (unpaired) electrons. The molecule has 2 rings (SSSR count). The monoisotopic (exact) mass is 286 g/mol. The molecular formula is C16H18N2O3. The molecule has 0 aliphatic heterocycles. The van der Waals surface area contributed by atoms with Crippen molar-refractivity contribution in [3.8, 4) is 11.5 Å². The van der Waals surface area contributed by atoms with Crippen LogP contribution in [0.4, 0.5) is 5.69 Å². The summed E-state index contributed by atoms with van der Waals surface area (Å²) in [5.41, 5.74) is 6.91. The zero-order valence-electron chi connectivity index (χ0n) is 11.6. The summed E-state index contributed by atoms with van der Waals surface area (Å²) in [6.07, 6.45) is 0.256. The lowest BCUT2D eigenvalue weighted by Gasteiger charge is -2.08. The van der Waals surface area contributed by atoms with Crippen molar-refractivity contribution in [1.82, 2.24) is 0 Å². The Morgan fingerprint density at radius 1 is 1.10 bits per heavy atom. The summed E-state index contributed by atoms with van der Waals surface area (Å²) >= 11 is 0. The number of carbonyl (C=O) groups excluding carboxylic acids is 1. The molecule has 0 atom stereocenters. The van der Waals surface area contributed by atoms with E-state index in [2.05, 4.69) is 5.32 Å². The van der Waals surface area contributed by atoms with Gasteiger partial charge in [0.05, 0.1) is 6.42 Å². The molecule has 5 nitrogen and oxygen atoms in total. The summed E-state index contributed by atoms with van der Waals surface area (Å²) in [4.78, 5) is 11.9. The van der Waals surface area contributed by atoms with Crippen molar-refractivity contribution in [3.05, 3.63) is 54.1 Å². The Balaban J connectivity index is 1.88. The van der Waals surface area contributed by atoms with E-state index in [9.17, 15) is 9.90 Å². The van der Waals surface area contributed by atoms with Crippen LogP contribution < -0.4 is 15.8 Å². The molecule has 0 aliphatic rings. The fourth-order valence-electron chi connectivity index (χ4n) is 1.82. The Morgan fingerprint density at radius 3 is 2.38 bits per heavy atom. The van der Waals surface area contributed by atoms with E-state index in [1.807, 2.05) is 0 Å². The molecule has 110 valence electrons. The highest BCUT2D eigenvalue weighted by molar-refractivity contribution is 5.92. The first-order chi connectivity index (χ1) is 10.2. The average Bonchev–Trinajstić information content (AvgIpc) is 2.49. The van der Waals surface area contributed by atoms with Crippen molar-refractivity contribution in [1.29, 1.82) is 0 Å². The maximum atomic E-state index is 11.9. The van der Waals surface area contributed by atoms with Gasteiger partial charge in [-0.15, -0.1) is 0 Å². The molecule has 2 aromatic rings. The predicted octanol–water partition coefficient (Wildman–Crippen LogP) is 1.91. The van der Waals surface area contributed by atoms with Gasteiger partial charge in [0.15, 0.2) is 0 Å². The quantitative estimate of drug-likeness (QED) is 0.757. The first kappa shape index (κ1) is 14.9. The number of nitrogens with one attached hydrogen (secondary N) is 1. The molecular weight excluding hydrogens is 268 g/mol. The second-order valence-electron chi connectivity index (χ2n) is 4.55. The zero-order chi connectivity index (χ0) is 15.1. The second kappa shape index (κ2) is 7.31. The molecule has 5 heteroatoms. The number of amides is 1. The Bertz CT molecular complexity index is 579. The molecule has 2 aromatic carbocycles. The number of carbonyl (C=O) groups is 1. The largest absolute Gasteiger partial charge is 0.508 e. The number of hydrogen-bond donors (Lipinski definition) is 3. The van der Waals surface area contributed by atoms with Crippen molar-refractivity contribution < 1.29 is 14.6 Å². The van der Waals surface area contributed by atoms with Crippen molar-refractivity contribution >= 4 is 11.6 Å². The van der Waals surface area contributed by atoms with E-state index in [0.29, 0.717) is 18.8 Å². The third-order valence-electron chi connectivity index (χ3n) is 2.83. The van der Waals surface area contributed by atoms with Gasteiger partial charge in [0.2, 0.25) is 5.91 Å². The molecule has 0 aliphatic carbocycles. The van der Waals surface area contributed by atoms with Crippen LogP contribution in [0, 0.1) is 0 Å². The fraction of sp³-hybridized carbons (Fsp3) is 0.188. The molecule has 0 bridgehead atoms. The number of phenols is 1. The van der Waals surface area contributed by atoms with E-state index in [-0.39, 0.29) is 18.1 Å². The van der Waals surface area contributed by atoms with Crippen LogP contribution in [-0.2, 0) is 11.2 Å². The topological polar surface area (TPSA) is 84.6 Å². The van der Waals surface area contributed by atoms with E-state index >= 15 is 0 Å². The van der Waals surface area contributed by atoms with Crippen LogP contribution in [0.15, 0.2) is 48.5 Å². The summed E-state index contributed by atoms with van der Waals surface area (Å²) in [5, 5.41) is 12.0. The Kier molecular flexibility index (Phi) is 5.17. The maximum absolute atomic E-state index is 11.9. The Labute approximate surface area is 123 Å². The molecule has 0 fully saturated rings. The Hall–Kier alpha value is -2.53. The number of aromatic hydroxyl groups is 1. The molecule has 21 heavy (non-hydrogen) atoms. The highest BCUT2D eigenvalue weighted by atomic mass is 16.5. The van der Waals surface area contributed by atoms with Crippen molar-refractivity contribution in [2.45, 2.75) is 6.42 Å². The van der Waals surface area contributed by atoms with Crippen LogP contribution in [0.1, 0.15) is 5.56 Å². The summed E-state index contributed by atoms with van der Waals surface area (Å²) in [6.45, 7) is 0.928. The second-order valence-corrected chi connectivity index (χ2v) is 4.55. The van der Waals surface area contributed by atoms with Gasteiger partial charge in [0.25, 0.3) is 0 Å². The van der Waals surface area contributed by atoms with Gasteiger partial charge in [0, 0.05) is 12.2 Å². The summed E-state index contributed by atoms with van der Waals surface area (Å²) in [5.74, 6) is 0.792. The SMILES string of the molecule is NCCOc1ccc(NC(=O)Cc2ccc(O)cc2)cc1. The molecule has 0 unspecified atom stereocenters. The first-order valence-electron chi connectivity index (χ1n) is 6.68. The van der Waals surface area contributed by atoms with Gasteiger partial charge in [-0.1, -0.05) is 12.1 Å². The molecule has 0 aromatic heterocycles. The Morgan fingerprint density at radius 2 is 1.76 bits per heavy atom. The molecule has 0 spiro atoms. The van der Waals surface area contributed by atoms with Gasteiger partial charge in [-0.2, -0.15) is 0 Å². The van der Waals surface area contributed by atoms with Gasteiger partial charge < -0.3 is 20.9 Å². The molecule has 0 saturated heterocycles. The van der Waals surface area contributed by atoms with Crippen molar-refractivity contribution in [2.75, 3.05) is 18.5 Å². The average molecular weight is 286 g/mol. The van der Waals surface area contributed by atoms with Crippen molar-refractivity contribution in [2.24, 2.45) is 5.73 Å². The van der Waals surface area contributed by atoms with Gasteiger partial charge in [0.1, 0.15) is 18.1 Å². The number of benzene rings is 2. The van der Waals surface area contributed by atoms with Crippen LogP contribution in [0.2, 0.25) is 0 Å². The number of phenolic OH excluding ortho intramolecular Hbond substituents is 1. The first-order valence-corrected chi connectivity index (χ1v) is 6.68. The van der Waals surface area contributed by atoms with E-state index in [1.165, 1.54) is 0 Å². The zero-order valence-corrected chi connectivity index (χ0v) is 11.6. The van der Waals surface area contributed by atoms with Gasteiger partial charge in [-0.25, -0.2) is 0 Å². The third-order valence-corrected chi connectivity index (χ3v) is 2.83. The number of ether oxygens (including phenoxy) is 1. The minimum absolute atomic E-state index is 0.115. The van der Waals surface area contributed by atoms with E-state index < -0.39 is 0 Å². The van der Waals surface area contributed by atoms with E-state index in [0.717, 1.165) is 11.3 Å². The number of nitrogens with two attached hydrogens (primary N) is 1. The van der Waals surface area contributed by atoms with Gasteiger partial charge in [-0.3, -0.25) is 4.79 Å². The molecule has 4 N–H and O–H groups in total. The smallest absolute Gasteiger partial charge is 0.228 e. The van der Waals surface area contributed by atoms with Gasteiger partial charge >= 0.3 is 0 Å². The predicted molar refractivity (Wildman–Crippen MR) is 81.4 cm³/mol. The maximum Gasteiger partial charge on any atom is 0.228 e. The highest BCUT2D eigenvalue weighted by Crippen LogP contribution is 2.16. The van der Waals surface area contributed by atoms with Crippen LogP contribution in [0.25, 0.3) is 0 Å². The third kappa shape index (κ3) is 4.81. The number of rotatable bonds is 6. The molecule has 1 amide bonds. The minimum atomic E-state index is -0.115. The fourth-order valence-corrected chi connectivity index (χ4v) is 1.82. The summed E-state index contributed by atoms with van der Waals surface area (Å²) in [6, 6.07) is 13.7. The van der Waals surface area contributed by atoms with Crippen LogP contribution >= 0.6 is 0 Å². The summed E-state index contributed by atoms with van der Waals surface area (Å²) in [7, 11) is 0. The van der Waals surface area contributed by atoms with E-state index in [1.54, 1.807) is 48.5 Å². The van der Waals surface area contributed by atoms with Gasteiger partial charge in [-0.05, 0) is 42.0 Å². The highest BCUT2D eigenvalue weighted by Gasteiger charge is 2.04. The number of anilines is 1. The molecule has 0 saturated carbocycles. The van der Waals surface area contributed by atoms with Crippen molar-refractivity contribution in [3.63, 3.8) is 0 Å². The lowest BCUT2D eigenvalue weighted by atomic mass is 10.1. The molecule has 0 heterocycles. The van der Waals surface area contributed by atoms with E-state index in [4.69, 9.17) is 10.5 Å². The number of hydrogen-bond acceptors (Lipinski definition) is 4. The van der Waals surface area contributed by atoms with Crippen LogP contribution in [0.3, 0.4) is 0 Å². The minimum Gasteiger partial charge on any atom is -0.508 e.